The molecule has 0 amide bonds. The molecule has 0 spiro atoms. The Balaban J connectivity index is 2.57. The summed E-state index contributed by atoms with van der Waals surface area (Å²) in [5.41, 5.74) is 5.33. The van der Waals surface area contributed by atoms with Crippen molar-refractivity contribution in [1.29, 1.82) is 0 Å². The third-order valence-electron chi connectivity index (χ3n) is 1.50. The number of rotatable bonds is 4. The molecule has 0 unspecified atom stereocenters. The molecule has 2 nitrogen and oxygen atoms in total. The fraction of sp³-hybridized carbons (Fsp3) is 0.222. The minimum atomic E-state index is 0.441. The van der Waals surface area contributed by atoms with Crippen molar-refractivity contribution in [3.05, 3.63) is 27.7 Å². The van der Waals surface area contributed by atoms with Crippen LogP contribution in [-0.2, 0) is 0 Å². The van der Waals surface area contributed by atoms with Crippen LogP contribution in [0.15, 0.2) is 22.7 Å². The molecule has 1 aromatic carbocycles. The molecule has 0 atom stereocenters. The second-order valence-electron chi connectivity index (χ2n) is 2.64. The van der Waals surface area contributed by atoms with Gasteiger partial charge in [-0.2, -0.15) is 0 Å². The van der Waals surface area contributed by atoms with Crippen LogP contribution in [0.2, 0.25) is 5.02 Å². The Bertz CT molecular complexity index is 346. The third kappa shape index (κ3) is 3.82. The van der Waals surface area contributed by atoms with Gasteiger partial charge in [0.05, 0.1) is 16.6 Å². The zero-order valence-electron chi connectivity index (χ0n) is 7.30. The van der Waals surface area contributed by atoms with Gasteiger partial charge in [-0.3, -0.25) is 0 Å². The van der Waals surface area contributed by atoms with E-state index in [0.717, 1.165) is 4.47 Å². The topological polar surface area (TPSA) is 35.2 Å². The predicted molar refractivity (Wildman–Crippen MR) is 66.0 cm³/mol. The monoisotopic (exact) mass is 293 g/mol. The first kappa shape index (κ1) is 11.8. The molecule has 0 aliphatic heterocycles. The highest BCUT2D eigenvalue weighted by Gasteiger charge is 2.02. The van der Waals surface area contributed by atoms with Gasteiger partial charge >= 0.3 is 0 Å². The summed E-state index contributed by atoms with van der Waals surface area (Å²) in [6.07, 6.45) is 0.554. The van der Waals surface area contributed by atoms with Crippen LogP contribution < -0.4 is 10.5 Å². The van der Waals surface area contributed by atoms with E-state index in [9.17, 15) is 0 Å². The Morgan fingerprint density at radius 3 is 2.93 bits per heavy atom. The normalized spacial score (nSPS) is 9.86. The van der Waals surface area contributed by atoms with Crippen molar-refractivity contribution in [2.24, 2.45) is 5.73 Å². The van der Waals surface area contributed by atoms with Crippen molar-refractivity contribution in [1.82, 2.24) is 0 Å². The SMILES string of the molecule is NC(=S)CCOc1cc(Br)ccc1Cl. The summed E-state index contributed by atoms with van der Waals surface area (Å²) in [5.74, 6) is 0.636. The van der Waals surface area contributed by atoms with E-state index >= 15 is 0 Å². The quantitative estimate of drug-likeness (QED) is 0.866. The Morgan fingerprint density at radius 2 is 2.29 bits per heavy atom. The molecule has 0 saturated heterocycles. The van der Waals surface area contributed by atoms with Crippen molar-refractivity contribution in [2.75, 3.05) is 6.61 Å². The lowest BCUT2D eigenvalue weighted by molar-refractivity contribution is 0.329. The second kappa shape index (κ2) is 5.53. The molecule has 1 rings (SSSR count). The highest BCUT2D eigenvalue weighted by Crippen LogP contribution is 2.27. The lowest BCUT2D eigenvalue weighted by atomic mass is 10.3. The first-order valence-corrected chi connectivity index (χ1v) is 5.53. The van der Waals surface area contributed by atoms with Crippen molar-refractivity contribution >= 4 is 44.7 Å². The van der Waals surface area contributed by atoms with Crippen LogP contribution in [0.25, 0.3) is 0 Å². The van der Waals surface area contributed by atoms with Crippen molar-refractivity contribution in [3.8, 4) is 5.75 Å². The second-order valence-corrected chi connectivity index (χ2v) is 4.49. The number of hydrogen-bond acceptors (Lipinski definition) is 2. The smallest absolute Gasteiger partial charge is 0.139 e. The van der Waals surface area contributed by atoms with Gasteiger partial charge in [0.25, 0.3) is 0 Å². The molecule has 0 aliphatic carbocycles. The van der Waals surface area contributed by atoms with Crippen molar-refractivity contribution in [3.63, 3.8) is 0 Å². The maximum atomic E-state index is 5.90. The molecule has 2 N–H and O–H groups in total. The summed E-state index contributed by atoms with van der Waals surface area (Å²) >= 11 is 14.0. The largest absolute Gasteiger partial charge is 0.492 e. The Morgan fingerprint density at radius 1 is 1.57 bits per heavy atom. The lowest BCUT2D eigenvalue weighted by Gasteiger charge is -2.07. The van der Waals surface area contributed by atoms with Crippen LogP contribution >= 0.6 is 39.7 Å². The van der Waals surface area contributed by atoms with Crippen molar-refractivity contribution < 1.29 is 4.74 Å². The lowest BCUT2D eigenvalue weighted by Crippen LogP contribution is -2.12. The van der Waals surface area contributed by atoms with E-state index in [1.165, 1.54) is 0 Å². The first-order chi connectivity index (χ1) is 6.59. The molecular weight excluding hydrogens is 286 g/mol. The van der Waals surface area contributed by atoms with Gasteiger partial charge in [0.1, 0.15) is 5.75 Å². The molecule has 76 valence electrons. The van der Waals surface area contributed by atoms with E-state index in [1.54, 1.807) is 6.07 Å². The Hall–Kier alpha value is -0.320. The molecule has 0 aromatic heterocycles. The van der Waals surface area contributed by atoms with Crippen LogP contribution in [0.4, 0.5) is 0 Å². The zero-order chi connectivity index (χ0) is 10.6. The molecule has 0 saturated carbocycles. The molecule has 1 aromatic rings. The fourth-order valence-electron chi connectivity index (χ4n) is 0.849. The van der Waals surface area contributed by atoms with E-state index in [-0.39, 0.29) is 0 Å². The number of halogens is 2. The van der Waals surface area contributed by atoms with E-state index in [2.05, 4.69) is 15.9 Å². The average Bonchev–Trinajstić information content (AvgIpc) is 2.10. The van der Waals surface area contributed by atoms with Crippen LogP contribution in [0.3, 0.4) is 0 Å². The number of hydrogen-bond donors (Lipinski definition) is 1. The summed E-state index contributed by atoms with van der Waals surface area (Å²) in [5, 5.41) is 0.580. The number of benzene rings is 1. The standard InChI is InChI=1S/C9H9BrClNOS/c10-6-1-2-7(11)8(5-6)13-4-3-9(12)14/h1-2,5H,3-4H2,(H2,12,14). The molecule has 5 heteroatoms. The maximum absolute atomic E-state index is 5.90. The van der Waals surface area contributed by atoms with E-state index in [1.807, 2.05) is 12.1 Å². The van der Waals surface area contributed by atoms with Gasteiger partial charge in [0.15, 0.2) is 0 Å². The van der Waals surface area contributed by atoms with Gasteiger partial charge in [0.2, 0.25) is 0 Å². The minimum absolute atomic E-state index is 0.441. The summed E-state index contributed by atoms with van der Waals surface area (Å²) < 4.78 is 6.32. The van der Waals surface area contributed by atoms with E-state index < -0.39 is 0 Å². The van der Waals surface area contributed by atoms with E-state index in [4.69, 9.17) is 34.3 Å². The number of ether oxygens (including phenoxy) is 1. The fourth-order valence-corrected chi connectivity index (χ4v) is 1.44. The van der Waals surface area contributed by atoms with Gasteiger partial charge in [-0.1, -0.05) is 39.7 Å². The maximum Gasteiger partial charge on any atom is 0.139 e. The molecule has 0 radical (unpaired) electrons. The summed E-state index contributed by atoms with van der Waals surface area (Å²) in [6, 6.07) is 5.42. The van der Waals surface area contributed by atoms with Crippen LogP contribution in [0.5, 0.6) is 5.75 Å². The highest BCUT2D eigenvalue weighted by molar-refractivity contribution is 9.10. The molecule has 0 aliphatic rings. The van der Waals surface area contributed by atoms with Gasteiger partial charge in [0, 0.05) is 10.9 Å². The van der Waals surface area contributed by atoms with Gasteiger partial charge < -0.3 is 10.5 Å². The zero-order valence-corrected chi connectivity index (χ0v) is 10.5. The highest BCUT2D eigenvalue weighted by atomic mass is 79.9. The first-order valence-electron chi connectivity index (χ1n) is 3.96. The van der Waals surface area contributed by atoms with Crippen LogP contribution in [0.1, 0.15) is 6.42 Å². The number of thiocarbonyl (C=S) groups is 1. The molecule has 0 bridgehead atoms. The van der Waals surface area contributed by atoms with Gasteiger partial charge in [-0.25, -0.2) is 0 Å². The summed E-state index contributed by atoms with van der Waals surface area (Å²) in [4.78, 5) is 0.441. The molecule has 0 heterocycles. The summed E-state index contributed by atoms with van der Waals surface area (Å²) in [7, 11) is 0. The van der Waals surface area contributed by atoms with E-state index in [0.29, 0.717) is 28.8 Å². The van der Waals surface area contributed by atoms with Crippen LogP contribution in [-0.4, -0.2) is 11.6 Å². The van der Waals surface area contributed by atoms with Gasteiger partial charge in [-0.15, -0.1) is 0 Å². The molecular formula is C9H9BrClNOS. The minimum Gasteiger partial charge on any atom is -0.492 e. The Kier molecular flexibility index (Phi) is 4.65. The predicted octanol–water partition coefficient (Wildman–Crippen LogP) is 3.16. The third-order valence-corrected chi connectivity index (χ3v) is 2.51. The average molecular weight is 295 g/mol. The van der Waals surface area contributed by atoms with Crippen molar-refractivity contribution in [2.45, 2.75) is 6.42 Å². The van der Waals surface area contributed by atoms with Gasteiger partial charge in [-0.05, 0) is 18.2 Å². The molecule has 14 heavy (non-hydrogen) atoms. The summed E-state index contributed by atoms with van der Waals surface area (Å²) in [6.45, 7) is 0.450. The number of nitrogens with two attached hydrogens (primary N) is 1. The van der Waals surface area contributed by atoms with Crippen LogP contribution in [0, 0.1) is 0 Å². The Labute approximate surface area is 102 Å². The molecule has 0 fully saturated rings.